The maximum Gasteiger partial charge on any atom is 0.410 e. The Morgan fingerprint density at radius 3 is 2.43 bits per heavy atom. The van der Waals surface area contributed by atoms with Crippen molar-refractivity contribution >= 4 is 40.1 Å². The highest BCUT2D eigenvalue weighted by Gasteiger charge is 2.54. The zero-order valence-corrected chi connectivity index (χ0v) is 25.0. The van der Waals surface area contributed by atoms with Gasteiger partial charge in [-0.05, 0) is 94.2 Å². The second kappa shape index (κ2) is 8.96. The lowest BCUT2D eigenvalue weighted by molar-refractivity contribution is 0.0106. The van der Waals surface area contributed by atoms with Crippen LogP contribution in [0.5, 0.6) is 0 Å². The highest BCUT2D eigenvalue weighted by atomic mass is 16.6. The number of anilines is 2. The van der Waals surface area contributed by atoms with Crippen LogP contribution in [0.4, 0.5) is 16.2 Å². The van der Waals surface area contributed by atoms with Gasteiger partial charge in [-0.1, -0.05) is 24.3 Å². The van der Waals surface area contributed by atoms with Gasteiger partial charge in [0.2, 0.25) is 0 Å². The van der Waals surface area contributed by atoms with E-state index in [2.05, 4.69) is 28.4 Å². The molecule has 218 valence electrons. The fraction of sp³-hybridized carbons (Fsp3) is 0.441. The molecule has 42 heavy (non-hydrogen) atoms. The fourth-order valence-corrected chi connectivity index (χ4v) is 6.85. The van der Waals surface area contributed by atoms with Crippen LogP contribution in [0.15, 0.2) is 48.5 Å². The molecule has 2 heterocycles. The molecule has 3 fully saturated rings. The lowest BCUT2D eigenvalue weighted by Crippen LogP contribution is -2.58. The van der Waals surface area contributed by atoms with Gasteiger partial charge in [-0.3, -0.25) is 14.5 Å². The van der Waals surface area contributed by atoms with Crippen LogP contribution in [-0.4, -0.2) is 60.6 Å². The SMILES string of the molecule is Cc1ccc(N2CCN(C(=O)OC(C)(C)C)C3(CC3)C2)cc1C(=O)NC1(c2ccc3c4c(cccc24)C(=O)N3C)CC1. The Labute approximate surface area is 246 Å². The predicted molar refractivity (Wildman–Crippen MR) is 163 cm³/mol. The molecule has 3 amide bonds. The van der Waals surface area contributed by atoms with Gasteiger partial charge >= 0.3 is 6.09 Å². The molecule has 2 aliphatic heterocycles. The molecule has 1 spiro atoms. The first-order valence-corrected chi connectivity index (χ1v) is 14.9. The Kier molecular flexibility index (Phi) is 5.72. The number of amides is 3. The number of ether oxygens (including phenoxy) is 1. The monoisotopic (exact) mass is 566 g/mol. The summed E-state index contributed by atoms with van der Waals surface area (Å²) >= 11 is 0. The average Bonchev–Trinajstić information content (AvgIpc) is 3.87. The third kappa shape index (κ3) is 4.22. The molecular formula is C34H38N4O4. The van der Waals surface area contributed by atoms with Crippen LogP contribution in [-0.2, 0) is 10.3 Å². The molecule has 0 unspecified atom stereocenters. The number of carbonyl (C=O) groups excluding carboxylic acids is 3. The Hall–Kier alpha value is -4.07. The van der Waals surface area contributed by atoms with Crippen molar-refractivity contribution in [1.29, 1.82) is 0 Å². The third-order valence-electron chi connectivity index (χ3n) is 9.46. The molecule has 2 aliphatic carbocycles. The van der Waals surface area contributed by atoms with Crippen LogP contribution in [0.3, 0.4) is 0 Å². The first-order valence-electron chi connectivity index (χ1n) is 14.9. The summed E-state index contributed by atoms with van der Waals surface area (Å²) in [6, 6.07) is 16.1. The molecule has 3 aromatic carbocycles. The van der Waals surface area contributed by atoms with Crippen LogP contribution in [0.25, 0.3) is 10.8 Å². The smallest absolute Gasteiger partial charge is 0.410 e. The Balaban J connectivity index is 1.13. The van der Waals surface area contributed by atoms with Crippen LogP contribution in [0.1, 0.15) is 78.3 Å². The summed E-state index contributed by atoms with van der Waals surface area (Å²) < 4.78 is 5.70. The van der Waals surface area contributed by atoms with E-state index in [1.165, 1.54) is 0 Å². The third-order valence-corrected chi connectivity index (χ3v) is 9.46. The Bertz CT molecular complexity index is 1660. The molecule has 8 heteroatoms. The molecule has 4 aliphatic rings. The maximum atomic E-state index is 13.9. The number of piperazine rings is 1. The number of nitrogens with one attached hydrogen (secondary N) is 1. The first-order chi connectivity index (χ1) is 19.9. The van der Waals surface area contributed by atoms with Crippen molar-refractivity contribution in [2.45, 2.75) is 70.1 Å². The summed E-state index contributed by atoms with van der Waals surface area (Å²) in [4.78, 5) is 45.5. The minimum atomic E-state index is -0.525. The largest absolute Gasteiger partial charge is 0.444 e. The maximum absolute atomic E-state index is 13.9. The van der Waals surface area contributed by atoms with E-state index in [-0.39, 0.29) is 23.4 Å². The van der Waals surface area contributed by atoms with Gasteiger partial charge in [0.15, 0.2) is 0 Å². The summed E-state index contributed by atoms with van der Waals surface area (Å²) in [6.07, 6.45) is 3.39. The van der Waals surface area contributed by atoms with Crippen molar-refractivity contribution in [1.82, 2.24) is 10.2 Å². The molecule has 2 saturated carbocycles. The first kappa shape index (κ1) is 26.8. The van der Waals surface area contributed by atoms with E-state index < -0.39 is 11.1 Å². The van der Waals surface area contributed by atoms with Gasteiger partial charge in [-0.2, -0.15) is 0 Å². The molecule has 7 rings (SSSR count). The minimum Gasteiger partial charge on any atom is -0.444 e. The fourth-order valence-electron chi connectivity index (χ4n) is 6.85. The highest BCUT2D eigenvalue weighted by Crippen LogP contribution is 2.51. The lowest BCUT2D eigenvalue weighted by atomic mass is 9.94. The van der Waals surface area contributed by atoms with Gasteiger partial charge in [0.1, 0.15) is 5.60 Å². The number of rotatable bonds is 4. The van der Waals surface area contributed by atoms with Crippen molar-refractivity contribution in [2.24, 2.45) is 0 Å². The molecule has 3 aromatic rings. The summed E-state index contributed by atoms with van der Waals surface area (Å²) in [6.45, 7) is 9.68. The molecule has 8 nitrogen and oxygen atoms in total. The van der Waals surface area contributed by atoms with Crippen molar-refractivity contribution in [3.05, 3.63) is 70.8 Å². The molecular weight excluding hydrogens is 528 g/mol. The van der Waals surface area contributed by atoms with Crippen molar-refractivity contribution in [2.75, 3.05) is 36.5 Å². The molecule has 0 atom stereocenters. The Morgan fingerprint density at radius 1 is 0.976 bits per heavy atom. The summed E-state index contributed by atoms with van der Waals surface area (Å²) in [5.41, 5.74) is 4.13. The highest BCUT2D eigenvalue weighted by molar-refractivity contribution is 6.25. The van der Waals surface area contributed by atoms with E-state index in [0.717, 1.165) is 71.1 Å². The minimum absolute atomic E-state index is 0.00831. The summed E-state index contributed by atoms with van der Waals surface area (Å²) in [5, 5.41) is 5.40. The van der Waals surface area contributed by atoms with Crippen molar-refractivity contribution in [3.8, 4) is 0 Å². The number of aryl methyl sites for hydroxylation is 1. The second-order valence-electron chi connectivity index (χ2n) is 13.5. The lowest BCUT2D eigenvalue weighted by Gasteiger charge is -2.43. The number of hydrogen-bond donors (Lipinski definition) is 1. The van der Waals surface area contributed by atoms with Crippen LogP contribution in [0, 0.1) is 6.92 Å². The molecule has 1 N–H and O–H groups in total. The quantitative estimate of drug-likeness (QED) is 0.435. The zero-order valence-electron chi connectivity index (χ0n) is 25.0. The number of nitrogens with zero attached hydrogens (tertiary/aromatic N) is 3. The normalized spacial score (nSPS) is 19.8. The van der Waals surface area contributed by atoms with Crippen molar-refractivity contribution < 1.29 is 19.1 Å². The van der Waals surface area contributed by atoms with E-state index in [1.54, 1.807) is 4.90 Å². The zero-order chi connectivity index (χ0) is 29.6. The van der Waals surface area contributed by atoms with Crippen LogP contribution in [0.2, 0.25) is 0 Å². The van der Waals surface area contributed by atoms with Crippen LogP contribution < -0.4 is 15.1 Å². The van der Waals surface area contributed by atoms with E-state index in [0.29, 0.717) is 18.7 Å². The van der Waals surface area contributed by atoms with Gasteiger partial charge < -0.3 is 19.9 Å². The van der Waals surface area contributed by atoms with Gasteiger partial charge in [0, 0.05) is 48.9 Å². The van der Waals surface area contributed by atoms with E-state index >= 15 is 0 Å². The number of carbonyl (C=O) groups is 3. The predicted octanol–water partition coefficient (Wildman–Crippen LogP) is 5.75. The molecule has 0 radical (unpaired) electrons. The van der Waals surface area contributed by atoms with Crippen LogP contribution >= 0.6 is 0 Å². The van der Waals surface area contributed by atoms with Gasteiger partial charge in [-0.25, -0.2) is 4.79 Å². The standard InChI is InChI=1S/C34H38N4O4/c1-21-9-10-22(37-17-18-38(33(20-37)13-14-33)31(41)42-32(2,3)4)19-25(21)29(39)35-34(15-16-34)26-11-12-27-28-23(26)7-6-8-24(28)30(40)36(27)5/h6-12,19H,13-18,20H2,1-5H3,(H,35,39). The van der Waals surface area contributed by atoms with Gasteiger partial charge in [-0.15, -0.1) is 0 Å². The topological polar surface area (TPSA) is 82.2 Å². The summed E-state index contributed by atoms with van der Waals surface area (Å²) in [5.74, 6) is -0.0780. The van der Waals surface area contributed by atoms with Gasteiger partial charge in [0.25, 0.3) is 11.8 Å². The van der Waals surface area contributed by atoms with E-state index in [1.807, 2.05) is 70.0 Å². The van der Waals surface area contributed by atoms with Gasteiger partial charge in [0.05, 0.1) is 16.8 Å². The molecule has 0 aromatic heterocycles. The number of benzene rings is 3. The van der Waals surface area contributed by atoms with E-state index in [4.69, 9.17) is 4.74 Å². The van der Waals surface area contributed by atoms with Crippen molar-refractivity contribution in [3.63, 3.8) is 0 Å². The number of hydrogen-bond acceptors (Lipinski definition) is 5. The average molecular weight is 567 g/mol. The molecule has 0 bridgehead atoms. The summed E-state index contributed by atoms with van der Waals surface area (Å²) in [7, 11) is 1.81. The second-order valence-corrected chi connectivity index (χ2v) is 13.5. The Morgan fingerprint density at radius 2 is 1.74 bits per heavy atom. The molecule has 1 saturated heterocycles. The van der Waals surface area contributed by atoms with E-state index in [9.17, 15) is 14.4 Å².